The van der Waals surface area contributed by atoms with E-state index in [9.17, 15) is 0 Å². The summed E-state index contributed by atoms with van der Waals surface area (Å²) < 4.78 is 0. The number of hydrogen-bond donors (Lipinski definition) is 0. The van der Waals surface area contributed by atoms with Crippen LogP contribution in [0.4, 0.5) is 0 Å². The number of fused-ring (bicyclic) bond motifs is 10. The Balaban J connectivity index is 1.11. The van der Waals surface area contributed by atoms with Crippen LogP contribution in [0, 0.1) is 0 Å². The van der Waals surface area contributed by atoms with E-state index in [0.29, 0.717) is 0 Å². The van der Waals surface area contributed by atoms with E-state index >= 15 is 0 Å². The van der Waals surface area contributed by atoms with Gasteiger partial charge in [0.25, 0.3) is 0 Å². The summed E-state index contributed by atoms with van der Waals surface area (Å²) in [5.74, 6) is 0. The molecule has 0 bridgehead atoms. The highest BCUT2D eigenvalue weighted by Crippen LogP contribution is 2.59. The zero-order valence-corrected chi connectivity index (χ0v) is 31.2. The first-order valence-corrected chi connectivity index (χ1v) is 19.3. The molecule has 2 aliphatic rings. The smallest absolute Gasteiger partial charge is 0.0165 e. The van der Waals surface area contributed by atoms with Crippen LogP contribution in [0.2, 0.25) is 0 Å². The van der Waals surface area contributed by atoms with E-state index in [0.717, 1.165) is 0 Å². The van der Waals surface area contributed by atoms with Crippen molar-refractivity contribution in [1.29, 1.82) is 0 Å². The fraction of sp³-hybridized carbons (Fsp3) is 0.111. The Hall–Kier alpha value is -6.24. The predicted octanol–water partition coefficient (Wildman–Crippen LogP) is 14.8. The van der Waals surface area contributed by atoms with Gasteiger partial charge in [0.1, 0.15) is 0 Å². The third-order valence-corrected chi connectivity index (χ3v) is 12.8. The molecule has 0 fully saturated rings. The lowest BCUT2D eigenvalue weighted by Gasteiger charge is -2.26. The van der Waals surface area contributed by atoms with Gasteiger partial charge >= 0.3 is 0 Å². The minimum absolute atomic E-state index is 0.0748. The fourth-order valence-electron chi connectivity index (χ4n) is 10.3. The van der Waals surface area contributed by atoms with E-state index in [-0.39, 0.29) is 10.8 Å². The third-order valence-electron chi connectivity index (χ3n) is 12.8. The Labute approximate surface area is 317 Å². The monoisotopic (exact) mass is 688 g/mol. The van der Waals surface area contributed by atoms with Crippen molar-refractivity contribution >= 4 is 32.3 Å². The molecule has 0 heterocycles. The summed E-state index contributed by atoms with van der Waals surface area (Å²) in [5, 5.41) is 7.66. The molecule has 0 nitrogen and oxygen atoms in total. The van der Waals surface area contributed by atoms with E-state index in [1.165, 1.54) is 110 Å². The molecule has 0 spiro atoms. The van der Waals surface area contributed by atoms with E-state index in [1.807, 2.05) is 0 Å². The first-order chi connectivity index (χ1) is 26.3. The van der Waals surface area contributed by atoms with Crippen LogP contribution in [-0.2, 0) is 10.8 Å². The summed E-state index contributed by atoms with van der Waals surface area (Å²) >= 11 is 0. The van der Waals surface area contributed by atoms with Gasteiger partial charge in [-0.1, -0.05) is 185 Å². The summed E-state index contributed by atoms with van der Waals surface area (Å²) in [6.07, 6.45) is 0. The van der Waals surface area contributed by atoms with Gasteiger partial charge in [0, 0.05) is 10.8 Å². The Morgan fingerprint density at radius 2 is 0.833 bits per heavy atom. The number of rotatable bonds is 3. The molecule has 0 atom stereocenters. The van der Waals surface area contributed by atoms with Crippen molar-refractivity contribution in [3.05, 3.63) is 192 Å². The summed E-state index contributed by atoms with van der Waals surface area (Å²) in [5.41, 5.74) is 18.8. The zero-order chi connectivity index (χ0) is 36.3. The third kappa shape index (κ3) is 4.20. The average molecular weight is 689 g/mol. The summed E-state index contributed by atoms with van der Waals surface area (Å²) in [6, 6.07) is 63.8. The minimum atomic E-state index is -0.0782. The molecule has 0 N–H and O–H groups in total. The summed E-state index contributed by atoms with van der Waals surface area (Å²) in [4.78, 5) is 0. The van der Waals surface area contributed by atoms with Crippen molar-refractivity contribution in [2.24, 2.45) is 0 Å². The molecule has 54 heavy (non-hydrogen) atoms. The van der Waals surface area contributed by atoms with Crippen LogP contribution in [0.5, 0.6) is 0 Å². The van der Waals surface area contributed by atoms with E-state index in [1.54, 1.807) is 0 Å². The van der Waals surface area contributed by atoms with Crippen LogP contribution in [-0.4, -0.2) is 0 Å². The van der Waals surface area contributed by atoms with Crippen molar-refractivity contribution in [2.75, 3.05) is 0 Å². The molecule has 0 saturated carbocycles. The van der Waals surface area contributed by atoms with Crippen molar-refractivity contribution in [3.63, 3.8) is 0 Å². The predicted molar refractivity (Wildman–Crippen MR) is 230 cm³/mol. The number of hydrogen-bond acceptors (Lipinski definition) is 0. The van der Waals surface area contributed by atoms with Crippen LogP contribution < -0.4 is 0 Å². The Bertz CT molecular complexity index is 2980. The van der Waals surface area contributed by atoms with Gasteiger partial charge in [-0.05, 0) is 122 Å². The molecule has 256 valence electrons. The minimum Gasteiger partial charge on any atom is -0.0619 e. The summed E-state index contributed by atoms with van der Waals surface area (Å²) in [7, 11) is 0. The normalized spacial score (nSPS) is 14.6. The van der Waals surface area contributed by atoms with Crippen LogP contribution in [0.3, 0.4) is 0 Å². The molecular weight excluding hydrogens is 649 g/mol. The maximum atomic E-state index is 2.49. The molecule has 0 saturated heterocycles. The van der Waals surface area contributed by atoms with Crippen LogP contribution in [0.25, 0.3) is 88.0 Å². The van der Waals surface area contributed by atoms with Crippen LogP contribution in [0.1, 0.15) is 49.9 Å². The molecule has 0 amide bonds. The molecule has 0 radical (unpaired) electrons. The van der Waals surface area contributed by atoms with Gasteiger partial charge in [-0.25, -0.2) is 0 Å². The van der Waals surface area contributed by atoms with Gasteiger partial charge in [-0.2, -0.15) is 0 Å². The molecule has 9 aromatic rings. The van der Waals surface area contributed by atoms with Crippen LogP contribution >= 0.6 is 0 Å². The second-order valence-corrected chi connectivity index (χ2v) is 16.4. The van der Waals surface area contributed by atoms with Crippen molar-refractivity contribution in [2.45, 2.75) is 38.5 Å². The molecule has 0 aromatic heterocycles. The SMILES string of the molecule is CC1(C)c2ccc(-c3cccc(-c4c5ccccc5c(-c5cccc6ccccc56)c5ccccc45)c3)cc2-c2c1ccc1c2C(C)(C)c2ccccc2-1. The maximum absolute atomic E-state index is 2.49. The van der Waals surface area contributed by atoms with Crippen molar-refractivity contribution < 1.29 is 0 Å². The maximum Gasteiger partial charge on any atom is 0.0165 e. The average Bonchev–Trinajstić information content (AvgIpc) is 3.59. The van der Waals surface area contributed by atoms with Crippen molar-refractivity contribution in [3.8, 4) is 55.6 Å². The fourth-order valence-corrected chi connectivity index (χ4v) is 10.3. The Morgan fingerprint density at radius 3 is 1.59 bits per heavy atom. The van der Waals surface area contributed by atoms with E-state index < -0.39 is 0 Å². The van der Waals surface area contributed by atoms with Gasteiger partial charge in [-0.3, -0.25) is 0 Å². The molecule has 0 heteroatoms. The number of benzene rings is 9. The zero-order valence-electron chi connectivity index (χ0n) is 31.2. The highest BCUT2D eigenvalue weighted by atomic mass is 14.5. The first kappa shape index (κ1) is 31.3. The van der Waals surface area contributed by atoms with Gasteiger partial charge < -0.3 is 0 Å². The van der Waals surface area contributed by atoms with E-state index in [2.05, 4.69) is 198 Å². The lowest BCUT2D eigenvalue weighted by molar-refractivity contribution is 0.647. The first-order valence-electron chi connectivity index (χ1n) is 19.3. The lowest BCUT2D eigenvalue weighted by Crippen LogP contribution is -2.18. The van der Waals surface area contributed by atoms with Gasteiger partial charge in [-0.15, -0.1) is 0 Å². The lowest BCUT2D eigenvalue weighted by atomic mass is 9.77. The molecule has 0 aliphatic heterocycles. The van der Waals surface area contributed by atoms with Gasteiger partial charge in [0.05, 0.1) is 0 Å². The standard InChI is InChI=1S/C54H40/c1-53(2)47-29-27-35(32-45(47)51-48(53)30-28-44-38-20-11-12-26-46(38)54(3,4)52(44)51)34-17-13-18-36(31-34)49-40-21-7-9-23-42(40)50(43-24-10-8-22-41(43)49)39-25-14-16-33-15-5-6-19-37(33)39/h5-32H,1-4H3. The summed E-state index contributed by atoms with van der Waals surface area (Å²) in [6.45, 7) is 9.63. The van der Waals surface area contributed by atoms with Gasteiger partial charge in [0.15, 0.2) is 0 Å². The second kappa shape index (κ2) is 11.1. The molecule has 2 aliphatic carbocycles. The Morgan fingerprint density at radius 1 is 0.296 bits per heavy atom. The van der Waals surface area contributed by atoms with Gasteiger partial charge in [0.2, 0.25) is 0 Å². The quantitative estimate of drug-likeness (QED) is 0.162. The highest BCUT2D eigenvalue weighted by Gasteiger charge is 2.44. The van der Waals surface area contributed by atoms with Crippen molar-refractivity contribution in [1.82, 2.24) is 0 Å². The molecule has 11 rings (SSSR count). The topological polar surface area (TPSA) is 0 Å². The second-order valence-electron chi connectivity index (χ2n) is 16.4. The molecule has 9 aromatic carbocycles. The van der Waals surface area contributed by atoms with E-state index in [4.69, 9.17) is 0 Å². The van der Waals surface area contributed by atoms with Crippen LogP contribution in [0.15, 0.2) is 170 Å². The Kier molecular flexibility index (Phi) is 6.46. The molecular formula is C54H40. The highest BCUT2D eigenvalue weighted by molar-refractivity contribution is 6.23. The largest absolute Gasteiger partial charge is 0.0619 e. The molecule has 0 unspecified atom stereocenters.